The van der Waals surface area contributed by atoms with Crippen LogP contribution in [-0.4, -0.2) is 22.9 Å². The van der Waals surface area contributed by atoms with Gasteiger partial charge in [0.1, 0.15) is 5.00 Å². The number of anilines is 2. The van der Waals surface area contributed by atoms with E-state index in [1.54, 1.807) is 0 Å². The third-order valence-corrected chi connectivity index (χ3v) is 7.02. The minimum Gasteiger partial charge on any atom is -0.481 e. The van der Waals surface area contributed by atoms with Gasteiger partial charge in [0.2, 0.25) is 5.91 Å². The molecule has 0 radical (unpaired) electrons. The molecule has 166 valence electrons. The van der Waals surface area contributed by atoms with Crippen LogP contribution in [0, 0.1) is 18.3 Å². The number of rotatable bonds is 6. The Bertz CT molecular complexity index is 986. The van der Waals surface area contributed by atoms with E-state index in [1.807, 2.05) is 31.2 Å². The first kappa shape index (κ1) is 23.0. The van der Waals surface area contributed by atoms with Crippen LogP contribution in [0.25, 0.3) is 0 Å². The molecule has 3 rings (SSSR count). The molecule has 6 nitrogen and oxygen atoms in total. The van der Waals surface area contributed by atoms with Crippen molar-refractivity contribution in [2.24, 2.45) is 11.3 Å². The Morgan fingerprint density at radius 1 is 1.10 bits per heavy atom. The lowest BCUT2D eigenvalue weighted by Crippen LogP contribution is -2.27. The van der Waals surface area contributed by atoms with Gasteiger partial charge in [-0.05, 0) is 55.2 Å². The van der Waals surface area contributed by atoms with Crippen LogP contribution in [0.15, 0.2) is 24.3 Å². The topological polar surface area (TPSA) is 95.5 Å². The predicted octanol–water partition coefficient (Wildman–Crippen LogP) is 5.26. The maximum atomic E-state index is 13.2. The fraction of sp³-hybridized carbons (Fsp3) is 0.458. The Kier molecular flexibility index (Phi) is 6.84. The summed E-state index contributed by atoms with van der Waals surface area (Å²) in [6.07, 6.45) is 2.29. The average molecular weight is 443 g/mol. The number of aliphatic carboxylic acids is 1. The molecule has 2 amide bonds. The molecule has 31 heavy (non-hydrogen) atoms. The summed E-state index contributed by atoms with van der Waals surface area (Å²) in [6.45, 7) is 8.68. The molecular weight excluding hydrogens is 412 g/mol. The summed E-state index contributed by atoms with van der Waals surface area (Å²) in [7, 11) is 0. The van der Waals surface area contributed by atoms with E-state index >= 15 is 0 Å². The Morgan fingerprint density at radius 3 is 2.39 bits per heavy atom. The number of carbonyl (C=O) groups is 3. The zero-order valence-electron chi connectivity index (χ0n) is 18.5. The second-order valence-corrected chi connectivity index (χ2v) is 10.4. The Morgan fingerprint density at radius 2 is 1.77 bits per heavy atom. The van der Waals surface area contributed by atoms with Crippen LogP contribution >= 0.6 is 11.3 Å². The molecular formula is C24H30N2O4S. The molecule has 1 unspecified atom stereocenters. The molecule has 3 N–H and O–H groups in total. The van der Waals surface area contributed by atoms with E-state index in [0.29, 0.717) is 22.2 Å². The monoisotopic (exact) mass is 442 g/mol. The van der Waals surface area contributed by atoms with Crippen molar-refractivity contribution in [3.63, 3.8) is 0 Å². The van der Waals surface area contributed by atoms with E-state index in [1.165, 1.54) is 11.3 Å². The number of nitrogens with one attached hydrogen (secondary N) is 2. The summed E-state index contributed by atoms with van der Waals surface area (Å²) in [5.41, 5.74) is 3.48. The van der Waals surface area contributed by atoms with E-state index in [-0.39, 0.29) is 24.2 Å². The van der Waals surface area contributed by atoms with Crippen molar-refractivity contribution in [3.8, 4) is 0 Å². The van der Waals surface area contributed by atoms with Crippen molar-refractivity contribution in [3.05, 3.63) is 45.8 Å². The Labute approximate surface area is 187 Å². The molecule has 7 heteroatoms. The number of amides is 2. The number of aryl methyl sites for hydroxylation is 1. The van der Waals surface area contributed by atoms with Gasteiger partial charge in [0, 0.05) is 17.0 Å². The second-order valence-electron chi connectivity index (χ2n) is 9.28. The SMILES string of the molecule is Cc1ccc(NC(=O)c2c(NC(=O)CCC(=O)O)sc3c2CCC(C(C)(C)C)C3)cc1. The molecule has 2 aromatic rings. The Hall–Kier alpha value is -2.67. The first-order valence-corrected chi connectivity index (χ1v) is 11.4. The largest absolute Gasteiger partial charge is 0.481 e. The van der Waals surface area contributed by atoms with Gasteiger partial charge in [-0.2, -0.15) is 0 Å². The number of benzene rings is 1. The van der Waals surface area contributed by atoms with Gasteiger partial charge in [-0.15, -0.1) is 11.3 Å². The van der Waals surface area contributed by atoms with Crippen LogP contribution in [0.5, 0.6) is 0 Å². The van der Waals surface area contributed by atoms with E-state index in [2.05, 4.69) is 31.4 Å². The highest BCUT2D eigenvalue weighted by atomic mass is 32.1. The lowest BCUT2D eigenvalue weighted by atomic mass is 9.72. The molecule has 0 saturated heterocycles. The van der Waals surface area contributed by atoms with Crippen molar-refractivity contribution in [1.82, 2.24) is 0 Å². The minimum atomic E-state index is -1.02. The summed E-state index contributed by atoms with van der Waals surface area (Å²) in [5.74, 6) is -1.16. The zero-order chi connectivity index (χ0) is 22.8. The summed E-state index contributed by atoms with van der Waals surface area (Å²) in [6, 6.07) is 7.57. The summed E-state index contributed by atoms with van der Waals surface area (Å²) >= 11 is 1.45. The quantitative estimate of drug-likeness (QED) is 0.568. The van der Waals surface area contributed by atoms with Crippen LogP contribution < -0.4 is 10.6 Å². The van der Waals surface area contributed by atoms with Gasteiger partial charge in [0.15, 0.2) is 0 Å². The normalized spacial score (nSPS) is 15.8. The fourth-order valence-electron chi connectivity index (χ4n) is 3.89. The number of hydrogen-bond donors (Lipinski definition) is 3. The summed E-state index contributed by atoms with van der Waals surface area (Å²) in [4.78, 5) is 37.5. The average Bonchev–Trinajstić information content (AvgIpc) is 3.04. The van der Waals surface area contributed by atoms with Crippen molar-refractivity contribution in [2.45, 2.75) is 59.8 Å². The van der Waals surface area contributed by atoms with Gasteiger partial charge in [-0.1, -0.05) is 38.5 Å². The molecule has 1 aliphatic carbocycles. The molecule has 1 heterocycles. The van der Waals surface area contributed by atoms with Crippen LogP contribution in [-0.2, 0) is 22.4 Å². The minimum absolute atomic E-state index is 0.123. The molecule has 0 saturated carbocycles. The molecule has 0 fully saturated rings. The van der Waals surface area contributed by atoms with Crippen molar-refractivity contribution in [1.29, 1.82) is 0 Å². The number of fused-ring (bicyclic) bond motifs is 1. The number of carboxylic acid groups (broad SMARTS) is 1. The van der Waals surface area contributed by atoms with E-state index in [4.69, 9.17) is 5.11 Å². The zero-order valence-corrected chi connectivity index (χ0v) is 19.3. The number of carbonyl (C=O) groups excluding carboxylic acids is 2. The molecule has 0 spiro atoms. The fourth-order valence-corrected chi connectivity index (χ4v) is 5.23. The molecule has 1 aliphatic rings. The number of thiophene rings is 1. The van der Waals surface area contributed by atoms with Gasteiger partial charge >= 0.3 is 5.97 Å². The standard InChI is InChI=1S/C24H30N2O4S/c1-14-5-8-16(9-6-14)25-22(30)21-17-10-7-15(24(2,3)4)13-18(17)31-23(21)26-19(27)11-12-20(28)29/h5-6,8-9,15H,7,10-13H2,1-4H3,(H,25,30)(H,26,27)(H,28,29). The third-order valence-electron chi connectivity index (χ3n) is 5.85. The Balaban J connectivity index is 1.90. The third kappa shape index (κ3) is 5.73. The summed E-state index contributed by atoms with van der Waals surface area (Å²) < 4.78 is 0. The van der Waals surface area contributed by atoms with E-state index < -0.39 is 11.9 Å². The van der Waals surface area contributed by atoms with Crippen molar-refractivity contribution in [2.75, 3.05) is 10.6 Å². The molecule has 0 bridgehead atoms. The number of hydrogen-bond acceptors (Lipinski definition) is 4. The first-order chi connectivity index (χ1) is 14.5. The van der Waals surface area contributed by atoms with Gasteiger partial charge in [-0.3, -0.25) is 14.4 Å². The van der Waals surface area contributed by atoms with Crippen LogP contribution in [0.2, 0.25) is 0 Å². The first-order valence-electron chi connectivity index (χ1n) is 10.6. The van der Waals surface area contributed by atoms with Crippen LogP contribution in [0.4, 0.5) is 10.7 Å². The van der Waals surface area contributed by atoms with Gasteiger partial charge in [0.05, 0.1) is 12.0 Å². The van der Waals surface area contributed by atoms with Gasteiger partial charge in [-0.25, -0.2) is 0 Å². The van der Waals surface area contributed by atoms with Gasteiger partial charge < -0.3 is 15.7 Å². The predicted molar refractivity (Wildman–Crippen MR) is 124 cm³/mol. The maximum Gasteiger partial charge on any atom is 0.303 e. The molecule has 1 atom stereocenters. The lowest BCUT2D eigenvalue weighted by Gasteiger charge is -2.33. The summed E-state index contributed by atoms with van der Waals surface area (Å²) in [5, 5.41) is 15.1. The molecule has 0 aliphatic heterocycles. The van der Waals surface area contributed by atoms with Crippen LogP contribution in [0.1, 0.15) is 66.4 Å². The van der Waals surface area contributed by atoms with Crippen molar-refractivity contribution < 1.29 is 19.5 Å². The highest BCUT2D eigenvalue weighted by molar-refractivity contribution is 7.17. The highest BCUT2D eigenvalue weighted by Gasteiger charge is 2.34. The molecule has 1 aromatic heterocycles. The lowest BCUT2D eigenvalue weighted by molar-refractivity contribution is -0.138. The smallest absolute Gasteiger partial charge is 0.303 e. The van der Waals surface area contributed by atoms with E-state index in [9.17, 15) is 14.4 Å². The van der Waals surface area contributed by atoms with E-state index in [0.717, 1.165) is 35.3 Å². The highest BCUT2D eigenvalue weighted by Crippen LogP contribution is 2.44. The second kappa shape index (κ2) is 9.22. The number of carboxylic acids is 1. The molecule has 1 aromatic carbocycles. The van der Waals surface area contributed by atoms with Gasteiger partial charge in [0.25, 0.3) is 5.91 Å². The van der Waals surface area contributed by atoms with Crippen LogP contribution in [0.3, 0.4) is 0 Å². The van der Waals surface area contributed by atoms with Crippen molar-refractivity contribution >= 4 is 39.8 Å². The maximum absolute atomic E-state index is 13.2.